The normalized spacial score (nSPS) is 9.75. The Morgan fingerprint density at radius 3 is 2.56 bits per heavy atom. The lowest BCUT2D eigenvalue weighted by molar-refractivity contribution is -0.131. The molecular formula is C10H15N5O. The van der Waals surface area contributed by atoms with Gasteiger partial charge in [-0.15, -0.1) is 18.3 Å². The van der Waals surface area contributed by atoms with Gasteiger partial charge in [0.25, 0.3) is 0 Å². The van der Waals surface area contributed by atoms with E-state index in [4.69, 9.17) is 5.73 Å². The molecule has 0 atom stereocenters. The highest BCUT2D eigenvalue weighted by molar-refractivity contribution is 5.76. The minimum absolute atomic E-state index is 0.0790. The number of carbonyl (C=O) groups excluding carboxylic acids is 1. The monoisotopic (exact) mass is 221 g/mol. The Hall–Kier alpha value is -2.11. The lowest BCUT2D eigenvalue weighted by atomic mass is 10.4. The van der Waals surface area contributed by atoms with Crippen molar-refractivity contribution in [3.63, 3.8) is 0 Å². The molecule has 1 rings (SSSR count). The van der Waals surface area contributed by atoms with E-state index in [0.29, 0.717) is 13.1 Å². The SMILES string of the molecule is C=CCN(CC=C)C(=O)Cn1cnc(N)n1. The molecule has 16 heavy (non-hydrogen) atoms. The van der Waals surface area contributed by atoms with Gasteiger partial charge in [0.05, 0.1) is 0 Å². The predicted octanol–water partition coefficient (Wildman–Crippen LogP) is 0.0609. The van der Waals surface area contributed by atoms with Gasteiger partial charge in [-0.25, -0.2) is 9.67 Å². The maximum atomic E-state index is 11.8. The lowest BCUT2D eigenvalue weighted by Gasteiger charge is -2.18. The van der Waals surface area contributed by atoms with E-state index in [1.54, 1.807) is 17.1 Å². The van der Waals surface area contributed by atoms with Gasteiger partial charge in [0, 0.05) is 13.1 Å². The smallest absolute Gasteiger partial charge is 0.244 e. The first-order valence-electron chi connectivity index (χ1n) is 4.82. The molecule has 1 aromatic rings. The first-order valence-corrected chi connectivity index (χ1v) is 4.82. The summed E-state index contributed by atoms with van der Waals surface area (Å²) in [5.41, 5.74) is 5.35. The molecule has 6 nitrogen and oxygen atoms in total. The highest BCUT2D eigenvalue weighted by Gasteiger charge is 2.11. The molecule has 86 valence electrons. The fourth-order valence-corrected chi connectivity index (χ4v) is 1.21. The van der Waals surface area contributed by atoms with Crippen molar-refractivity contribution >= 4 is 11.9 Å². The van der Waals surface area contributed by atoms with E-state index in [2.05, 4.69) is 23.2 Å². The Kier molecular flexibility index (Phi) is 4.26. The molecular weight excluding hydrogens is 206 g/mol. The molecule has 0 aliphatic heterocycles. The van der Waals surface area contributed by atoms with Crippen LogP contribution in [0.3, 0.4) is 0 Å². The second-order valence-corrected chi connectivity index (χ2v) is 3.18. The van der Waals surface area contributed by atoms with Crippen molar-refractivity contribution in [1.82, 2.24) is 19.7 Å². The van der Waals surface area contributed by atoms with Crippen LogP contribution in [0.25, 0.3) is 0 Å². The molecule has 0 saturated carbocycles. The van der Waals surface area contributed by atoms with Crippen molar-refractivity contribution in [2.24, 2.45) is 0 Å². The number of amides is 1. The molecule has 6 heteroatoms. The number of rotatable bonds is 6. The second kappa shape index (κ2) is 5.69. The Labute approximate surface area is 94.1 Å². The Bertz CT molecular complexity index is 374. The summed E-state index contributed by atoms with van der Waals surface area (Å²) < 4.78 is 1.40. The molecule has 2 N–H and O–H groups in total. The molecule has 1 heterocycles. The Morgan fingerprint density at radius 1 is 1.50 bits per heavy atom. The van der Waals surface area contributed by atoms with Gasteiger partial charge in [-0.2, -0.15) is 0 Å². The van der Waals surface area contributed by atoms with Crippen molar-refractivity contribution in [2.45, 2.75) is 6.54 Å². The second-order valence-electron chi connectivity index (χ2n) is 3.18. The first kappa shape index (κ1) is 12.0. The van der Waals surface area contributed by atoms with E-state index in [1.807, 2.05) is 0 Å². The maximum Gasteiger partial charge on any atom is 0.244 e. The van der Waals surface area contributed by atoms with Gasteiger partial charge in [-0.3, -0.25) is 4.79 Å². The van der Waals surface area contributed by atoms with E-state index in [9.17, 15) is 4.79 Å². The van der Waals surface area contributed by atoms with Crippen LogP contribution in [0.2, 0.25) is 0 Å². The quantitative estimate of drug-likeness (QED) is 0.689. The average Bonchev–Trinajstić information content (AvgIpc) is 2.63. The van der Waals surface area contributed by atoms with E-state index in [1.165, 1.54) is 11.0 Å². The first-order chi connectivity index (χ1) is 7.67. The number of nitrogens with zero attached hydrogens (tertiary/aromatic N) is 4. The number of anilines is 1. The third-order valence-corrected chi connectivity index (χ3v) is 1.90. The minimum atomic E-state index is -0.0790. The van der Waals surface area contributed by atoms with Crippen molar-refractivity contribution in [1.29, 1.82) is 0 Å². The van der Waals surface area contributed by atoms with Crippen LogP contribution in [0.5, 0.6) is 0 Å². The van der Waals surface area contributed by atoms with Crippen molar-refractivity contribution in [3.8, 4) is 0 Å². The highest BCUT2D eigenvalue weighted by atomic mass is 16.2. The maximum absolute atomic E-state index is 11.8. The molecule has 0 fully saturated rings. The molecule has 0 saturated heterocycles. The van der Waals surface area contributed by atoms with E-state index < -0.39 is 0 Å². The molecule has 0 aromatic carbocycles. The van der Waals surface area contributed by atoms with Crippen molar-refractivity contribution in [2.75, 3.05) is 18.8 Å². The number of aromatic nitrogens is 3. The van der Waals surface area contributed by atoms with Crippen LogP contribution in [0, 0.1) is 0 Å². The number of hydrogen-bond donors (Lipinski definition) is 1. The minimum Gasteiger partial charge on any atom is -0.367 e. The van der Waals surface area contributed by atoms with Crippen molar-refractivity contribution in [3.05, 3.63) is 31.6 Å². The van der Waals surface area contributed by atoms with E-state index >= 15 is 0 Å². The van der Waals surface area contributed by atoms with Crippen LogP contribution in [-0.4, -0.2) is 38.7 Å². The number of carbonyl (C=O) groups is 1. The van der Waals surface area contributed by atoms with Gasteiger partial charge in [0.2, 0.25) is 11.9 Å². The zero-order valence-corrected chi connectivity index (χ0v) is 9.04. The van der Waals surface area contributed by atoms with E-state index in [0.717, 1.165) is 0 Å². The third-order valence-electron chi connectivity index (χ3n) is 1.90. The van der Waals surface area contributed by atoms with Crippen LogP contribution in [0.1, 0.15) is 0 Å². The average molecular weight is 221 g/mol. The summed E-state index contributed by atoms with van der Waals surface area (Å²) in [5, 5.41) is 3.84. The zero-order chi connectivity index (χ0) is 12.0. The fourth-order valence-electron chi connectivity index (χ4n) is 1.21. The molecule has 1 amide bonds. The van der Waals surface area contributed by atoms with Crippen LogP contribution < -0.4 is 5.73 Å². The van der Waals surface area contributed by atoms with Gasteiger partial charge < -0.3 is 10.6 Å². The summed E-state index contributed by atoms with van der Waals surface area (Å²) in [6.45, 7) is 8.27. The summed E-state index contributed by atoms with van der Waals surface area (Å²) in [4.78, 5) is 17.2. The Morgan fingerprint density at radius 2 is 2.12 bits per heavy atom. The zero-order valence-electron chi connectivity index (χ0n) is 9.04. The van der Waals surface area contributed by atoms with Gasteiger partial charge in [-0.1, -0.05) is 12.2 Å². The summed E-state index contributed by atoms with van der Waals surface area (Å²) in [5.74, 6) is 0.0801. The fraction of sp³-hybridized carbons (Fsp3) is 0.300. The molecule has 0 bridgehead atoms. The molecule has 1 aromatic heterocycles. The third kappa shape index (κ3) is 3.23. The van der Waals surface area contributed by atoms with Gasteiger partial charge in [-0.05, 0) is 0 Å². The van der Waals surface area contributed by atoms with Crippen molar-refractivity contribution < 1.29 is 4.79 Å². The van der Waals surface area contributed by atoms with Gasteiger partial charge in [0.15, 0.2) is 0 Å². The Balaban J connectivity index is 2.60. The number of nitrogens with two attached hydrogens (primary N) is 1. The van der Waals surface area contributed by atoms with E-state index in [-0.39, 0.29) is 18.4 Å². The molecule has 0 unspecified atom stereocenters. The van der Waals surface area contributed by atoms with Gasteiger partial charge >= 0.3 is 0 Å². The summed E-state index contributed by atoms with van der Waals surface area (Å²) in [7, 11) is 0. The lowest BCUT2D eigenvalue weighted by Crippen LogP contribution is -2.34. The number of nitrogen functional groups attached to an aromatic ring is 1. The van der Waals surface area contributed by atoms with Crippen LogP contribution in [0.15, 0.2) is 31.6 Å². The summed E-state index contributed by atoms with van der Waals surface area (Å²) in [6, 6.07) is 0. The van der Waals surface area contributed by atoms with Crippen LogP contribution in [0.4, 0.5) is 5.95 Å². The summed E-state index contributed by atoms with van der Waals surface area (Å²) >= 11 is 0. The molecule has 0 aliphatic carbocycles. The molecule has 0 radical (unpaired) electrons. The van der Waals surface area contributed by atoms with Gasteiger partial charge in [0.1, 0.15) is 12.9 Å². The standard InChI is InChI=1S/C10H15N5O/c1-3-5-14(6-4-2)9(16)7-15-8-12-10(11)13-15/h3-4,8H,1-2,5-7H2,(H2,11,13). The molecule has 0 aliphatic rings. The molecule has 0 spiro atoms. The topological polar surface area (TPSA) is 77.0 Å². The number of hydrogen-bond acceptors (Lipinski definition) is 4. The van der Waals surface area contributed by atoms with Crippen LogP contribution in [-0.2, 0) is 11.3 Å². The largest absolute Gasteiger partial charge is 0.367 e. The highest BCUT2D eigenvalue weighted by Crippen LogP contribution is 1.96. The van der Waals surface area contributed by atoms with Crippen LogP contribution >= 0.6 is 0 Å². The summed E-state index contributed by atoms with van der Waals surface area (Å²) in [6.07, 6.45) is 4.75. The predicted molar refractivity (Wildman–Crippen MR) is 61.4 cm³/mol.